The minimum Gasteiger partial charge on any atom is -0.413 e. The lowest BCUT2D eigenvalue weighted by molar-refractivity contribution is 0.276. The van der Waals surface area contributed by atoms with E-state index in [1.165, 1.54) is 22.4 Å². The second-order valence-electron chi connectivity index (χ2n) is 12.6. The average molecular weight is 495 g/mol. The van der Waals surface area contributed by atoms with Gasteiger partial charge < -0.3 is 8.85 Å². The van der Waals surface area contributed by atoms with Crippen LogP contribution in [0.1, 0.15) is 54.9 Å². The van der Waals surface area contributed by atoms with Gasteiger partial charge in [-0.05, 0) is 58.7 Å². The van der Waals surface area contributed by atoms with E-state index in [2.05, 4.69) is 128 Å². The fourth-order valence-corrected chi connectivity index (χ4v) is 10.3. The van der Waals surface area contributed by atoms with Crippen LogP contribution in [0.3, 0.4) is 0 Å². The third-order valence-corrected chi connectivity index (χ3v) is 17.6. The van der Waals surface area contributed by atoms with Crippen molar-refractivity contribution in [3.05, 3.63) is 72.3 Å². The highest BCUT2D eigenvalue weighted by Gasteiger charge is 2.51. The van der Waals surface area contributed by atoms with Crippen LogP contribution in [0.25, 0.3) is 0 Å². The Bertz CT molecular complexity index is 913. The van der Waals surface area contributed by atoms with E-state index in [-0.39, 0.29) is 10.1 Å². The molecule has 0 unspecified atom stereocenters. The summed E-state index contributed by atoms with van der Waals surface area (Å²) < 4.78 is 13.6. The zero-order chi connectivity index (χ0) is 25.2. The molecule has 2 aromatic carbocycles. The number of benzene rings is 2. The first-order chi connectivity index (χ1) is 15.8. The van der Waals surface area contributed by atoms with Crippen LogP contribution in [0.15, 0.2) is 72.3 Å². The van der Waals surface area contributed by atoms with Gasteiger partial charge in [0.2, 0.25) is 0 Å². The summed E-state index contributed by atoms with van der Waals surface area (Å²) in [6.07, 6.45) is 3.55. The Morgan fingerprint density at radius 2 is 1.32 bits per heavy atom. The van der Waals surface area contributed by atoms with Crippen molar-refractivity contribution in [2.75, 3.05) is 13.2 Å². The summed E-state index contributed by atoms with van der Waals surface area (Å²) in [5.41, 5.74) is 1.47. The fourth-order valence-electron chi connectivity index (χ4n) is 4.73. The average Bonchev–Trinajstić information content (AvgIpc) is 3.54. The molecule has 2 aromatic rings. The van der Waals surface area contributed by atoms with Crippen molar-refractivity contribution in [1.29, 1.82) is 0 Å². The van der Waals surface area contributed by atoms with Crippen LogP contribution in [0.2, 0.25) is 23.2 Å². The standard InChI is InChI=1S/C30H46O2Si2/c1-24(20-21-31-33(8,9)29(2,3)4)28-22-25(28)23-32-34(30(5,6)7,26-16-12-10-13-17-26)27-18-14-11-15-19-27/h10-20,25,28H,21-23H2,1-9H3/b24-20+/t25-,28+/m0/s1. The van der Waals surface area contributed by atoms with Gasteiger partial charge >= 0.3 is 0 Å². The summed E-state index contributed by atoms with van der Waals surface area (Å²) in [6.45, 7) is 22.5. The quantitative estimate of drug-likeness (QED) is 0.272. The minimum atomic E-state index is -2.45. The van der Waals surface area contributed by atoms with Crippen LogP contribution in [0, 0.1) is 11.8 Å². The van der Waals surface area contributed by atoms with Crippen LogP contribution < -0.4 is 10.4 Å². The molecule has 0 heterocycles. The maximum atomic E-state index is 7.16. The number of hydrogen-bond acceptors (Lipinski definition) is 2. The summed E-state index contributed by atoms with van der Waals surface area (Å²) in [4.78, 5) is 0. The van der Waals surface area contributed by atoms with Gasteiger partial charge in [-0.25, -0.2) is 0 Å². The number of hydrogen-bond donors (Lipinski definition) is 0. The Morgan fingerprint density at radius 3 is 1.76 bits per heavy atom. The van der Waals surface area contributed by atoms with E-state index < -0.39 is 16.6 Å². The van der Waals surface area contributed by atoms with E-state index in [4.69, 9.17) is 8.85 Å². The third kappa shape index (κ3) is 5.84. The molecule has 2 atom stereocenters. The molecule has 0 bridgehead atoms. The summed E-state index contributed by atoms with van der Waals surface area (Å²) in [5.74, 6) is 1.23. The van der Waals surface area contributed by atoms with Gasteiger partial charge in [-0.3, -0.25) is 0 Å². The van der Waals surface area contributed by atoms with Gasteiger partial charge in [0.1, 0.15) is 0 Å². The van der Waals surface area contributed by atoms with Crippen molar-refractivity contribution in [2.45, 2.75) is 78.1 Å². The summed E-state index contributed by atoms with van der Waals surface area (Å²) in [7, 11) is -4.15. The SMILES string of the molecule is C/C(=C\CO[Si](C)(C)C(C)(C)C)[C@H]1C[C@H]1CO[Si](c1ccccc1)(c1ccccc1)C(C)(C)C. The summed E-state index contributed by atoms with van der Waals surface area (Å²) >= 11 is 0. The second-order valence-corrected chi connectivity index (χ2v) is 21.7. The highest BCUT2D eigenvalue weighted by molar-refractivity contribution is 6.99. The molecular weight excluding hydrogens is 449 g/mol. The first-order valence-corrected chi connectivity index (χ1v) is 17.7. The second kappa shape index (κ2) is 10.3. The first kappa shape index (κ1) is 27.1. The van der Waals surface area contributed by atoms with Gasteiger partial charge in [-0.2, -0.15) is 0 Å². The molecule has 0 saturated heterocycles. The normalized spacial score (nSPS) is 19.9. The Balaban J connectivity index is 1.74. The molecule has 4 heteroatoms. The smallest absolute Gasteiger partial charge is 0.261 e. The van der Waals surface area contributed by atoms with E-state index in [1.807, 2.05) is 0 Å². The molecule has 1 aliphatic rings. The molecule has 0 spiro atoms. The van der Waals surface area contributed by atoms with E-state index in [0.29, 0.717) is 11.8 Å². The van der Waals surface area contributed by atoms with Gasteiger partial charge in [0.25, 0.3) is 8.32 Å². The molecule has 34 heavy (non-hydrogen) atoms. The van der Waals surface area contributed by atoms with Gasteiger partial charge in [0.15, 0.2) is 8.32 Å². The number of rotatable bonds is 9. The van der Waals surface area contributed by atoms with E-state index in [0.717, 1.165) is 13.2 Å². The highest BCUT2D eigenvalue weighted by Crippen LogP contribution is 2.46. The first-order valence-electron chi connectivity index (χ1n) is 12.9. The van der Waals surface area contributed by atoms with Gasteiger partial charge in [0.05, 0.1) is 6.61 Å². The maximum absolute atomic E-state index is 7.16. The van der Waals surface area contributed by atoms with Crippen LogP contribution in [-0.4, -0.2) is 29.8 Å². The summed E-state index contributed by atoms with van der Waals surface area (Å²) in [6, 6.07) is 21.9. The van der Waals surface area contributed by atoms with Crippen LogP contribution in [-0.2, 0) is 8.85 Å². The van der Waals surface area contributed by atoms with Crippen molar-refractivity contribution in [3.63, 3.8) is 0 Å². The third-order valence-electron chi connectivity index (χ3n) is 8.09. The predicted molar refractivity (Wildman–Crippen MR) is 152 cm³/mol. The Kier molecular flexibility index (Phi) is 8.18. The molecule has 1 saturated carbocycles. The molecule has 3 rings (SSSR count). The van der Waals surface area contributed by atoms with Crippen LogP contribution in [0.5, 0.6) is 0 Å². The van der Waals surface area contributed by atoms with Gasteiger partial charge in [0, 0.05) is 6.61 Å². The van der Waals surface area contributed by atoms with Crippen molar-refractivity contribution in [1.82, 2.24) is 0 Å². The van der Waals surface area contributed by atoms with Gasteiger partial charge in [-0.15, -0.1) is 0 Å². The maximum Gasteiger partial charge on any atom is 0.261 e. The zero-order valence-electron chi connectivity index (χ0n) is 22.9. The molecular formula is C30H46O2Si2. The molecule has 0 aromatic heterocycles. The fraction of sp³-hybridized carbons (Fsp3) is 0.533. The Hall–Kier alpha value is -1.47. The molecule has 186 valence electrons. The van der Waals surface area contributed by atoms with E-state index >= 15 is 0 Å². The highest BCUT2D eigenvalue weighted by atomic mass is 28.4. The Labute approximate surface area is 211 Å². The largest absolute Gasteiger partial charge is 0.413 e. The van der Waals surface area contributed by atoms with E-state index in [9.17, 15) is 0 Å². The van der Waals surface area contributed by atoms with Crippen molar-refractivity contribution in [3.8, 4) is 0 Å². The molecule has 2 nitrogen and oxygen atoms in total. The molecule has 1 fully saturated rings. The van der Waals surface area contributed by atoms with Gasteiger partial charge in [-0.1, -0.05) is 114 Å². The monoisotopic (exact) mass is 494 g/mol. The van der Waals surface area contributed by atoms with Crippen LogP contribution >= 0.6 is 0 Å². The molecule has 0 aliphatic heterocycles. The van der Waals surface area contributed by atoms with Crippen molar-refractivity contribution in [2.24, 2.45) is 11.8 Å². The molecule has 1 aliphatic carbocycles. The topological polar surface area (TPSA) is 18.5 Å². The lowest BCUT2D eigenvalue weighted by Gasteiger charge is -2.43. The molecule has 0 radical (unpaired) electrons. The van der Waals surface area contributed by atoms with E-state index in [1.54, 1.807) is 0 Å². The lowest BCUT2D eigenvalue weighted by Crippen LogP contribution is -2.66. The molecule has 0 N–H and O–H groups in total. The van der Waals surface area contributed by atoms with Crippen molar-refractivity contribution < 1.29 is 8.85 Å². The van der Waals surface area contributed by atoms with Crippen molar-refractivity contribution >= 4 is 27.0 Å². The van der Waals surface area contributed by atoms with Crippen LogP contribution in [0.4, 0.5) is 0 Å². The predicted octanol–water partition coefficient (Wildman–Crippen LogP) is 7.17. The summed E-state index contributed by atoms with van der Waals surface area (Å²) in [5, 5.41) is 3.00. The lowest BCUT2D eigenvalue weighted by atomic mass is 10.1. The zero-order valence-corrected chi connectivity index (χ0v) is 24.9. The Morgan fingerprint density at radius 1 is 0.824 bits per heavy atom. The minimum absolute atomic E-state index is 0.0297. The molecule has 0 amide bonds. The number of allylic oxidation sites excluding steroid dienone is 1.